The summed E-state index contributed by atoms with van der Waals surface area (Å²) in [5.74, 6) is -1.09. The van der Waals surface area contributed by atoms with E-state index in [0.29, 0.717) is 5.02 Å². The van der Waals surface area contributed by atoms with Crippen LogP contribution in [0.4, 0.5) is 4.39 Å². The van der Waals surface area contributed by atoms with Crippen molar-refractivity contribution in [2.24, 2.45) is 0 Å². The molecule has 0 aliphatic heterocycles. The first kappa shape index (κ1) is 13.3. The molecule has 0 bridgehead atoms. The Kier molecular flexibility index (Phi) is 3.91. The molecular weight excluding hydrogens is 297 g/mol. The number of hydrogen-bond donors (Lipinski definition) is 0. The van der Waals surface area contributed by atoms with Crippen LogP contribution in [0.1, 0.15) is 15.9 Å². The Bertz CT molecular complexity index is 626. The fourth-order valence-electron chi connectivity index (χ4n) is 1.50. The average molecular weight is 304 g/mol. The van der Waals surface area contributed by atoms with Gasteiger partial charge in [0.15, 0.2) is 5.78 Å². The molecule has 0 atom stereocenters. The van der Waals surface area contributed by atoms with Gasteiger partial charge in [0.2, 0.25) is 0 Å². The van der Waals surface area contributed by atoms with Gasteiger partial charge in [-0.3, -0.25) is 4.79 Å². The summed E-state index contributed by atoms with van der Waals surface area (Å²) in [6, 6.07) is 8.51. The third-order valence-corrected chi connectivity index (χ3v) is 3.30. The zero-order valence-electron chi connectivity index (χ0n) is 8.88. The lowest BCUT2D eigenvalue weighted by Gasteiger charge is -2.06. The summed E-state index contributed by atoms with van der Waals surface area (Å²) in [5, 5.41) is 0.406. The third kappa shape index (κ3) is 2.51. The quantitative estimate of drug-likeness (QED) is 0.712. The van der Waals surface area contributed by atoms with Crippen molar-refractivity contribution in [3.63, 3.8) is 0 Å². The standard InChI is InChI=1S/C13H6Cl3FO/c14-7-4-5-8(10(15)6-7)13(18)9-2-1-3-11(17)12(9)16/h1-6H. The molecule has 0 N–H and O–H groups in total. The van der Waals surface area contributed by atoms with E-state index in [9.17, 15) is 9.18 Å². The number of carbonyl (C=O) groups is 1. The van der Waals surface area contributed by atoms with Crippen LogP contribution in [0.15, 0.2) is 36.4 Å². The Morgan fingerprint density at radius 3 is 2.39 bits per heavy atom. The van der Waals surface area contributed by atoms with Gasteiger partial charge in [-0.1, -0.05) is 40.9 Å². The second-order valence-electron chi connectivity index (χ2n) is 3.55. The van der Waals surface area contributed by atoms with E-state index in [1.807, 2.05) is 0 Å². The summed E-state index contributed by atoms with van der Waals surface area (Å²) < 4.78 is 13.3. The molecular formula is C13H6Cl3FO. The van der Waals surface area contributed by atoms with E-state index in [-0.39, 0.29) is 21.2 Å². The molecule has 0 aliphatic carbocycles. The highest BCUT2D eigenvalue weighted by molar-refractivity contribution is 6.39. The molecule has 2 aromatic rings. The van der Waals surface area contributed by atoms with Gasteiger partial charge in [-0.15, -0.1) is 0 Å². The van der Waals surface area contributed by atoms with Crippen molar-refractivity contribution in [2.45, 2.75) is 0 Å². The number of halogens is 4. The molecule has 0 spiro atoms. The molecule has 0 saturated carbocycles. The highest BCUT2D eigenvalue weighted by Gasteiger charge is 2.17. The van der Waals surface area contributed by atoms with E-state index >= 15 is 0 Å². The first-order valence-electron chi connectivity index (χ1n) is 4.94. The highest BCUT2D eigenvalue weighted by atomic mass is 35.5. The van der Waals surface area contributed by atoms with Crippen molar-refractivity contribution in [3.05, 3.63) is 68.4 Å². The molecule has 0 fully saturated rings. The van der Waals surface area contributed by atoms with Crippen molar-refractivity contribution in [1.82, 2.24) is 0 Å². The fraction of sp³-hybridized carbons (Fsp3) is 0. The maximum Gasteiger partial charge on any atom is 0.196 e. The van der Waals surface area contributed by atoms with Crippen LogP contribution in [0.2, 0.25) is 15.1 Å². The Balaban J connectivity index is 2.51. The van der Waals surface area contributed by atoms with E-state index in [1.165, 1.54) is 36.4 Å². The number of rotatable bonds is 2. The fourth-order valence-corrected chi connectivity index (χ4v) is 2.20. The largest absolute Gasteiger partial charge is 0.288 e. The predicted octanol–water partition coefficient (Wildman–Crippen LogP) is 5.02. The van der Waals surface area contributed by atoms with Crippen LogP contribution in [-0.2, 0) is 0 Å². The van der Waals surface area contributed by atoms with Gasteiger partial charge in [0.1, 0.15) is 5.82 Å². The van der Waals surface area contributed by atoms with Crippen LogP contribution < -0.4 is 0 Å². The van der Waals surface area contributed by atoms with Crippen molar-refractivity contribution in [3.8, 4) is 0 Å². The lowest BCUT2D eigenvalue weighted by molar-refractivity contribution is 0.103. The minimum Gasteiger partial charge on any atom is -0.288 e. The summed E-state index contributed by atoms with van der Waals surface area (Å²) >= 11 is 17.4. The topological polar surface area (TPSA) is 17.1 Å². The Hall–Kier alpha value is -1.09. The zero-order valence-corrected chi connectivity index (χ0v) is 11.2. The zero-order chi connectivity index (χ0) is 13.3. The van der Waals surface area contributed by atoms with Crippen molar-refractivity contribution in [1.29, 1.82) is 0 Å². The van der Waals surface area contributed by atoms with E-state index in [4.69, 9.17) is 34.8 Å². The molecule has 92 valence electrons. The van der Waals surface area contributed by atoms with Crippen molar-refractivity contribution < 1.29 is 9.18 Å². The lowest BCUT2D eigenvalue weighted by atomic mass is 10.0. The highest BCUT2D eigenvalue weighted by Crippen LogP contribution is 2.27. The number of carbonyl (C=O) groups excluding carboxylic acids is 1. The molecule has 0 amide bonds. The van der Waals surface area contributed by atoms with Gasteiger partial charge in [-0.05, 0) is 30.3 Å². The lowest BCUT2D eigenvalue weighted by Crippen LogP contribution is -2.04. The van der Waals surface area contributed by atoms with E-state index in [2.05, 4.69) is 0 Å². The summed E-state index contributed by atoms with van der Waals surface area (Å²) in [6.07, 6.45) is 0. The van der Waals surface area contributed by atoms with Gasteiger partial charge in [-0.2, -0.15) is 0 Å². The van der Waals surface area contributed by atoms with Gasteiger partial charge in [0, 0.05) is 16.1 Å². The molecule has 2 rings (SSSR count). The summed E-state index contributed by atoms with van der Waals surface area (Å²) in [7, 11) is 0. The SMILES string of the molecule is O=C(c1ccc(Cl)cc1Cl)c1cccc(F)c1Cl. The van der Waals surface area contributed by atoms with Crippen LogP contribution in [0, 0.1) is 5.82 Å². The Morgan fingerprint density at radius 2 is 1.72 bits per heavy atom. The van der Waals surface area contributed by atoms with E-state index in [0.717, 1.165) is 0 Å². The normalized spacial score (nSPS) is 10.4. The minimum atomic E-state index is -0.646. The molecule has 0 radical (unpaired) electrons. The van der Waals surface area contributed by atoms with Gasteiger partial charge in [0.25, 0.3) is 0 Å². The first-order valence-corrected chi connectivity index (χ1v) is 6.08. The molecule has 0 saturated heterocycles. The first-order chi connectivity index (χ1) is 8.50. The molecule has 0 aromatic heterocycles. The minimum absolute atomic E-state index is 0.0703. The maximum absolute atomic E-state index is 13.3. The van der Waals surface area contributed by atoms with E-state index < -0.39 is 11.6 Å². The summed E-state index contributed by atoms with van der Waals surface area (Å²) in [6.45, 7) is 0. The molecule has 0 unspecified atom stereocenters. The number of benzene rings is 2. The van der Waals surface area contributed by atoms with Gasteiger partial charge < -0.3 is 0 Å². The molecule has 1 nitrogen and oxygen atoms in total. The summed E-state index contributed by atoms with van der Waals surface area (Å²) in [5.41, 5.74) is 0.300. The summed E-state index contributed by atoms with van der Waals surface area (Å²) in [4.78, 5) is 12.2. The second-order valence-corrected chi connectivity index (χ2v) is 4.78. The number of hydrogen-bond acceptors (Lipinski definition) is 1. The number of ketones is 1. The monoisotopic (exact) mass is 302 g/mol. The van der Waals surface area contributed by atoms with Crippen LogP contribution in [0.3, 0.4) is 0 Å². The molecule has 0 heterocycles. The smallest absolute Gasteiger partial charge is 0.196 e. The van der Waals surface area contributed by atoms with Crippen molar-refractivity contribution >= 4 is 40.6 Å². The van der Waals surface area contributed by atoms with Crippen molar-refractivity contribution in [2.75, 3.05) is 0 Å². The molecule has 5 heteroatoms. The maximum atomic E-state index is 13.3. The third-order valence-electron chi connectivity index (χ3n) is 2.37. The van der Waals surface area contributed by atoms with Crippen LogP contribution >= 0.6 is 34.8 Å². The Morgan fingerprint density at radius 1 is 1.00 bits per heavy atom. The van der Waals surface area contributed by atoms with Gasteiger partial charge >= 0.3 is 0 Å². The molecule has 0 aliphatic rings. The van der Waals surface area contributed by atoms with Crippen LogP contribution in [0.25, 0.3) is 0 Å². The second kappa shape index (κ2) is 5.27. The average Bonchev–Trinajstić information content (AvgIpc) is 2.32. The van der Waals surface area contributed by atoms with Crippen LogP contribution in [-0.4, -0.2) is 5.78 Å². The molecule has 2 aromatic carbocycles. The van der Waals surface area contributed by atoms with E-state index in [1.54, 1.807) is 0 Å². The Labute approximate surface area is 118 Å². The predicted molar refractivity (Wildman–Crippen MR) is 71.3 cm³/mol. The molecule has 18 heavy (non-hydrogen) atoms. The van der Waals surface area contributed by atoms with Crippen LogP contribution in [0.5, 0.6) is 0 Å². The van der Waals surface area contributed by atoms with Gasteiger partial charge in [0.05, 0.1) is 10.0 Å². The van der Waals surface area contributed by atoms with Gasteiger partial charge in [-0.25, -0.2) is 4.39 Å².